The zero-order valence-electron chi connectivity index (χ0n) is 18.9. The zero-order chi connectivity index (χ0) is 24.1. The predicted molar refractivity (Wildman–Crippen MR) is 142 cm³/mol. The predicted octanol–water partition coefficient (Wildman–Crippen LogP) is 4.80. The number of allylic oxidation sites excluding steroid dienone is 1. The average Bonchev–Trinajstić information content (AvgIpc) is 3.19. The van der Waals surface area contributed by atoms with Crippen LogP contribution in [0.15, 0.2) is 86.6 Å². The van der Waals surface area contributed by atoms with E-state index >= 15 is 0 Å². The van der Waals surface area contributed by atoms with Gasteiger partial charge in [-0.15, -0.1) is 0 Å². The summed E-state index contributed by atoms with van der Waals surface area (Å²) in [6, 6.07) is 21.2. The number of para-hydroxylation sites is 1. The Balaban J connectivity index is 1.64. The SMILES string of the molecule is COc1ccccc1[C@H]1C2=C(N=c3s/c(=C\c4ccc(O)c(Br)c4)c(=O)n31)c1ccccc1CC2. The number of aromatic hydroxyl groups is 1. The standard InChI is InChI=1S/C28H21BrN2O3S/c1-34-23-9-5-4-8-19(23)26-20-12-11-17-6-2-3-7-18(17)25(20)30-28-31(26)27(33)24(35-28)15-16-10-13-22(32)21(29)14-16/h2-10,13-15,26,32H,11-12H2,1H3/b24-15-/t26-/m0/s1. The van der Waals surface area contributed by atoms with Gasteiger partial charge in [-0.1, -0.05) is 59.9 Å². The highest BCUT2D eigenvalue weighted by Gasteiger charge is 2.33. The number of halogens is 1. The van der Waals surface area contributed by atoms with Gasteiger partial charge in [0.2, 0.25) is 0 Å². The van der Waals surface area contributed by atoms with Crippen molar-refractivity contribution in [2.45, 2.75) is 18.9 Å². The maximum atomic E-state index is 13.8. The molecule has 0 fully saturated rings. The van der Waals surface area contributed by atoms with Crippen LogP contribution in [0.2, 0.25) is 0 Å². The third-order valence-corrected chi connectivity index (χ3v) is 8.19. The summed E-state index contributed by atoms with van der Waals surface area (Å²) in [5.74, 6) is 0.910. The fourth-order valence-corrected chi connectivity index (χ4v) is 6.35. The normalized spacial score (nSPS) is 16.9. The molecule has 174 valence electrons. The molecule has 35 heavy (non-hydrogen) atoms. The number of thiazole rings is 1. The Morgan fingerprint density at radius 2 is 1.91 bits per heavy atom. The van der Waals surface area contributed by atoms with E-state index in [0.29, 0.717) is 13.8 Å². The van der Waals surface area contributed by atoms with Crippen LogP contribution < -0.4 is 19.6 Å². The third kappa shape index (κ3) is 3.66. The number of phenolic OH excluding ortho intramolecular Hbond substituents is 1. The number of methoxy groups -OCH3 is 1. The third-order valence-electron chi connectivity index (χ3n) is 6.58. The molecule has 2 aliphatic rings. The summed E-state index contributed by atoms with van der Waals surface area (Å²) < 4.78 is 8.72. The molecule has 0 saturated heterocycles. The Kier molecular flexibility index (Phi) is 5.46. The molecule has 7 heteroatoms. The van der Waals surface area contributed by atoms with E-state index in [-0.39, 0.29) is 17.4 Å². The van der Waals surface area contributed by atoms with Crippen LogP contribution in [-0.4, -0.2) is 16.8 Å². The van der Waals surface area contributed by atoms with Gasteiger partial charge in [-0.05, 0) is 69.7 Å². The molecule has 1 aliphatic carbocycles. The number of ether oxygens (including phenoxy) is 1. The van der Waals surface area contributed by atoms with E-state index in [4.69, 9.17) is 9.73 Å². The molecular formula is C28H21BrN2O3S. The zero-order valence-corrected chi connectivity index (χ0v) is 21.3. The molecule has 1 aromatic heterocycles. The first-order valence-electron chi connectivity index (χ1n) is 11.3. The average molecular weight is 545 g/mol. The largest absolute Gasteiger partial charge is 0.507 e. The fourth-order valence-electron chi connectivity index (χ4n) is 4.96. The van der Waals surface area contributed by atoms with Gasteiger partial charge in [-0.3, -0.25) is 9.36 Å². The van der Waals surface area contributed by atoms with Gasteiger partial charge in [0.25, 0.3) is 5.56 Å². The number of benzene rings is 3. The molecule has 6 rings (SSSR count). The molecule has 0 bridgehead atoms. The molecule has 5 nitrogen and oxygen atoms in total. The van der Waals surface area contributed by atoms with E-state index in [1.807, 2.05) is 41.0 Å². The molecule has 0 saturated carbocycles. The molecule has 1 N–H and O–H groups in total. The van der Waals surface area contributed by atoms with Gasteiger partial charge in [-0.2, -0.15) is 0 Å². The second kappa shape index (κ2) is 8.66. The second-order valence-corrected chi connectivity index (χ2v) is 10.4. The van der Waals surface area contributed by atoms with Crippen molar-refractivity contribution in [2.24, 2.45) is 4.99 Å². The van der Waals surface area contributed by atoms with Crippen molar-refractivity contribution < 1.29 is 9.84 Å². The minimum atomic E-state index is -0.292. The lowest BCUT2D eigenvalue weighted by Crippen LogP contribution is -2.38. The van der Waals surface area contributed by atoms with Crippen LogP contribution in [0.25, 0.3) is 11.8 Å². The topological polar surface area (TPSA) is 63.8 Å². The van der Waals surface area contributed by atoms with E-state index in [9.17, 15) is 9.90 Å². The van der Waals surface area contributed by atoms with Crippen LogP contribution in [0.5, 0.6) is 11.5 Å². The maximum Gasteiger partial charge on any atom is 0.271 e. The lowest BCUT2D eigenvalue weighted by Gasteiger charge is -2.31. The van der Waals surface area contributed by atoms with Crippen LogP contribution >= 0.6 is 27.3 Å². The Bertz CT molecular complexity index is 1700. The van der Waals surface area contributed by atoms with Crippen molar-refractivity contribution in [3.05, 3.63) is 119 Å². The van der Waals surface area contributed by atoms with Crippen molar-refractivity contribution in [3.8, 4) is 11.5 Å². The Hall–Kier alpha value is -3.42. The fraction of sp³-hybridized carbons (Fsp3) is 0.143. The summed E-state index contributed by atoms with van der Waals surface area (Å²) in [7, 11) is 1.66. The minimum Gasteiger partial charge on any atom is -0.507 e. The molecule has 0 spiro atoms. The molecule has 0 unspecified atom stereocenters. The number of rotatable bonds is 3. The van der Waals surface area contributed by atoms with E-state index in [2.05, 4.69) is 34.1 Å². The summed E-state index contributed by atoms with van der Waals surface area (Å²) >= 11 is 4.74. The van der Waals surface area contributed by atoms with E-state index in [1.165, 1.54) is 16.9 Å². The number of aryl methyl sites for hydroxylation is 1. The van der Waals surface area contributed by atoms with Gasteiger partial charge in [0.15, 0.2) is 4.80 Å². The lowest BCUT2D eigenvalue weighted by molar-refractivity contribution is 0.402. The van der Waals surface area contributed by atoms with Crippen molar-refractivity contribution in [3.63, 3.8) is 0 Å². The number of nitrogens with zero attached hydrogens (tertiary/aromatic N) is 2. The molecule has 3 aromatic carbocycles. The Morgan fingerprint density at radius 3 is 2.74 bits per heavy atom. The van der Waals surface area contributed by atoms with Gasteiger partial charge in [-0.25, -0.2) is 4.99 Å². The highest BCUT2D eigenvalue weighted by molar-refractivity contribution is 9.10. The van der Waals surface area contributed by atoms with Gasteiger partial charge in [0.1, 0.15) is 11.5 Å². The summed E-state index contributed by atoms with van der Waals surface area (Å²) in [6.45, 7) is 0. The highest BCUT2D eigenvalue weighted by Crippen LogP contribution is 2.43. The minimum absolute atomic E-state index is 0.0840. The van der Waals surface area contributed by atoms with Crippen LogP contribution in [0.3, 0.4) is 0 Å². The molecule has 4 aromatic rings. The summed E-state index contributed by atoms with van der Waals surface area (Å²) in [5, 5.41) is 9.85. The highest BCUT2D eigenvalue weighted by atomic mass is 79.9. The van der Waals surface area contributed by atoms with E-state index < -0.39 is 0 Å². The Morgan fingerprint density at radius 1 is 1.11 bits per heavy atom. The summed E-state index contributed by atoms with van der Waals surface area (Å²) in [4.78, 5) is 19.5. The first-order chi connectivity index (χ1) is 17.0. The van der Waals surface area contributed by atoms with Crippen molar-refractivity contribution in [1.82, 2.24) is 4.57 Å². The summed E-state index contributed by atoms with van der Waals surface area (Å²) in [6.07, 6.45) is 3.58. The van der Waals surface area contributed by atoms with Crippen LogP contribution in [0.4, 0.5) is 0 Å². The molecule has 2 heterocycles. The van der Waals surface area contributed by atoms with Crippen molar-refractivity contribution in [1.29, 1.82) is 0 Å². The molecule has 0 radical (unpaired) electrons. The monoisotopic (exact) mass is 544 g/mol. The first-order valence-corrected chi connectivity index (χ1v) is 12.9. The molecule has 1 atom stereocenters. The smallest absolute Gasteiger partial charge is 0.271 e. The van der Waals surface area contributed by atoms with Crippen molar-refractivity contribution >= 4 is 39.0 Å². The van der Waals surface area contributed by atoms with Gasteiger partial charge >= 0.3 is 0 Å². The number of phenols is 1. The Labute approximate surface area is 214 Å². The quantitative estimate of drug-likeness (QED) is 0.403. The second-order valence-electron chi connectivity index (χ2n) is 8.57. The first kappa shape index (κ1) is 22.1. The number of hydrogen-bond donors (Lipinski definition) is 1. The van der Waals surface area contributed by atoms with E-state index in [0.717, 1.165) is 46.6 Å². The molecule has 1 aliphatic heterocycles. The summed E-state index contributed by atoms with van der Waals surface area (Å²) in [5.41, 5.74) is 6.21. The number of aromatic nitrogens is 1. The molecular weight excluding hydrogens is 524 g/mol. The van der Waals surface area contributed by atoms with E-state index in [1.54, 1.807) is 25.3 Å². The van der Waals surface area contributed by atoms with Crippen molar-refractivity contribution in [2.75, 3.05) is 7.11 Å². The van der Waals surface area contributed by atoms with Crippen LogP contribution in [0.1, 0.15) is 34.7 Å². The van der Waals surface area contributed by atoms with Crippen LogP contribution in [0, 0.1) is 0 Å². The number of hydrogen-bond acceptors (Lipinski definition) is 5. The van der Waals surface area contributed by atoms with Crippen LogP contribution in [-0.2, 0) is 6.42 Å². The van der Waals surface area contributed by atoms with Gasteiger partial charge < -0.3 is 9.84 Å². The van der Waals surface area contributed by atoms with Gasteiger partial charge in [0.05, 0.1) is 27.9 Å². The molecule has 0 amide bonds. The lowest BCUT2D eigenvalue weighted by atomic mass is 9.83. The van der Waals surface area contributed by atoms with Gasteiger partial charge in [0, 0.05) is 11.1 Å². The number of fused-ring (bicyclic) bond motifs is 3. The maximum absolute atomic E-state index is 13.8.